The van der Waals surface area contributed by atoms with Gasteiger partial charge in [0.15, 0.2) is 0 Å². The Morgan fingerprint density at radius 3 is 3.07 bits per heavy atom. The van der Waals surface area contributed by atoms with Crippen LogP contribution in [0.1, 0.15) is 4.88 Å². The first kappa shape index (κ1) is 12.7. The van der Waals surface area contributed by atoms with Crippen LogP contribution in [-0.2, 0) is 20.7 Å². The largest absolute Gasteiger partial charge is 0.468 e. The second-order valence-corrected chi connectivity index (χ2v) is 5.03. The van der Waals surface area contributed by atoms with E-state index in [0.717, 1.165) is 6.42 Å². The van der Waals surface area contributed by atoms with E-state index in [4.69, 9.17) is 4.74 Å². The Bertz CT molecular complexity index is 287. The lowest BCUT2D eigenvalue weighted by Gasteiger charge is -2.07. The molecule has 0 aliphatic rings. The summed E-state index contributed by atoms with van der Waals surface area (Å²) < 4.78 is 9.90. The standard InChI is InChI=1S/C10H13BrO3S/c1-13-10(12)9(11)7-14-5-4-8-3-2-6-15-8/h2-3,6,9H,4-5,7H2,1H3. The van der Waals surface area contributed by atoms with E-state index in [0.29, 0.717) is 13.2 Å². The van der Waals surface area contributed by atoms with Crippen molar-refractivity contribution in [3.05, 3.63) is 22.4 Å². The smallest absolute Gasteiger partial charge is 0.321 e. The van der Waals surface area contributed by atoms with Gasteiger partial charge in [-0.05, 0) is 11.4 Å². The van der Waals surface area contributed by atoms with Crippen LogP contribution in [0.5, 0.6) is 0 Å². The van der Waals surface area contributed by atoms with Crippen LogP contribution in [-0.4, -0.2) is 31.1 Å². The Kier molecular flexibility index (Phi) is 5.90. The molecule has 0 amide bonds. The van der Waals surface area contributed by atoms with Crippen LogP contribution in [0.15, 0.2) is 17.5 Å². The molecule has 3 nitrogen and oxygen atoms in total. The molecule has 0 saturated heterocycles. The normalized spacial score (nSPS) is 12.4. The minimum atomic E-state index is -0.370. The number of carbonyl (C=O) groups is 1. The highest BCUT2D eigenvalue weighted by Gasteiger charge is 2.14. The number of esters is 1. The molecule has 0 radical (unpaired) electrons. The van der Waals surface area contributed by atoms with Gasteiger partial charge in [-0.15, -0.1) is 11.3 Å². The van der Waals surface area contributed by atoms with Crippen LogP contribution in [0.2, 0.25) is 0 Å². The van der Waals surface area contributed by atoms with E-state index in [-0.39, 0.29) is 10.8 Å². The van der Waals surface area contributed by atoms with Crippen molar-refractivity contribution in [3.8, 4) is 0 Å². The maximum Gasteiger partial charge on any atom is 0.321 e. The van der Waals surface area contributed by atoms with Crippen molar-refractivity contribution in [3.63, 3.8) is 0 Å². The van der Waals surface area contributed by atoms with Crippen molar-refractivity contribution < 1.29 is 14.3 Å². The molecule has 1 aromatic rings. The Hall–Kier alpha value is -0.390. The van der Waals surface area contributed by atoms with E-state index in [1.54, 1.807) is 11.3 Å². The average Bonchev–Trinajstić information content (AvgIpc) is 2.75. The number of hydrogen-bond donors (Lipinski definition) is 0. The van der Waals surface area contributed by atoms with E-state index in [1.807, 2.05) is 11.4 Å². The van der Waals surface area contributed by atoms with E-state index >= 15 is 0 Å². The van der Waals surface area contributed by atoms with E-state index in [2.05, 4.69) is 26.7 Å². The molecule has 5 heteroatoms. The van der Waals surface area contributed by atoms with Crippen LogP contribution in [0.4, 0.5) is 0 Å². The van der Waals surface area contributed by atoms with Crippen molar-refractivity contribution in [2.75, 3.05) is 20.3 Å². The Labute approximate surface area is 102 Å². The first-order valence-electron chi connectivity index (χ1n) is 4.56. The number of thiophene rings is 1. The van der Waals surface area contributed by atoms with Gasteiger partial charge in [-0.2, -0.15) is 0 Å². The number of methoxy groups -OCH3 is 1. The molecule has 0 fully saturated rings. The molecule has 1 heterocycles. The number of ether oxygens (including phenoxy) is 2. The molecule has 1 atom stereocenters. The molecule has 1 rings (SSSR count). The minimum absolute atomic E-state index is 0.300. The molecule has 0 aromatic carbocycles. The molecule has 0 spiro atoms. The lowest BCUT2D eigenvalue weighted by atomic mass is 10.4. The molecule has 0 saturated carbocycles. The fraction of sp³-hybridized carbons (Fsp3) is 0.500. The number of rotatable bonds is 6. The van der Waals surface area contributed by atoms with Gasteiger partial charge in [-0.1, -0.05) is 22.0 Å². The average molecular weight is 293 g/mol. The predicted octanol–water partition coefficient (Wildman–Crippen LogP) is 2.24. The summed E-state index contributed by atoms with van der Waals surface area (Å²) in [7, 11) is 1.36. The summed E-state index contributed by atoms with van der Waals surface area (Å²) in [5.41, 5.74) is 0. The van der Waals surface area contributed by atoms with Gasteiger partial charge in [0.05, 0.1) is 20.3 Å². The Morgan fingerprint density at radius 1 is 1.67 bits per heavy atom. The quantitative estimate of drug-likeness (QED) is 0.458. The third kappa shape index (κ3) is 4.77. The van der Waals surface area contributed by atoms with Crippen molar-refractivity contribution in [1.82, 2.24) is 0 Å². The van der Waals surface area contributed by atoms with Gasteiger partial charge < -0.3 is 9.47 Å². The second-order valence-electron chi connectivity index (χ2n) is 2.89. The summed E-state index contributed by atoms with van der Waals surface area (Å²) in [4.78, 5) is 11.9. The van der Waals surface area contributed by atoms with E-state index in [9.17, 15) is 4.79 Å². The predicted molar refractivity (Wildman–Crippen MR) is 63.6 cm³/mol. The molecule has 0 bridgehead atoms. The highest BCUT2D eigenvalue weighted by Crippen LogP contribution is 2.09. The molecule has 1 unspecified atom stereocenters. The van der Waals surface area contributed by atoms with Crippen LogP contribution in [0.3, 0.4) is 0 Å². The molecule has 0 aliphatic carbocycles. The van der Waals surface area contributed by atoms with E-state index < -0.39 is 0 Å². The lowest BCUT2D eigenvalue weighted by Crippen LogP contribution is -2.21. The molecule has 0 N–H and O–H groups in total. The topological polar surface area (TPSA) is 35.5 Å². The zero-order chi connectivity index (χ0) is 11.1. The van der Waals surface area contributed by atoms with Gasteiger partial charge in [0.2, 0.25) is 0 Å². The number of alkyl halides is 1. The Morgan fingerprint density at radius 2 is 2.47 bits per heavy atom. The van der Waals surface area contributed by atoms with Crippen molar-refractivity contribution in [2.24, 2.45) is 0 Å². The van der Waals surface area contributed by atoms with Crippen molar-refractivity contribution >= 4 is 33.2 Å². The molecule has 0 aliphatic heterocycles. The molecular weight excluding hydrogens is 280 g/mol. The maximum absolute atomic E-state index is 11.0. The zero-order valence-electron chi connectivity index (χ0n) is 8.44. The van der Waals surface area contributed by atoms with Crippen LogP contribution >= 0.6 is 27.3 Å². The van der Waals surface area contributed by atoms with Gasteiger partial charge in [0, 0.05) is 11.3 Å². The summed E-state index contributed by atoms with van der Waals surface area (Å²) in [5, 5.41) is 2.04. The summed E-state index contributed by atoms with van der Waals surface area (Å²) >= 11 is 4.89. The van der Waals surface area contributed by atoms with Crippen LogP contribution in [0, 0.1) is 0 Å². The summed E-state index contributed by atoms with van der Waals surface area (Å²) in [5.74, 6) is -0.300. The van der Waals surface area contributed by atoms with Gasteiger partial charge in [-0.25, -0.2) is 0 Å². The monoisotopic (exact) mass is 292 g/mol. The fourth-order valence-electron chi connectivity index (χ4n) is 1.01. The Balaban J connectivity index is 2.09. The van der Waals surface area contributed by atoms with Crippen molar-refractivity contribution in [2.45, 2.75) is 11.2 Å². The zero-order valence-corrected chi connectivity index (χ0v) is 10.8. The third-order valence-electron chi connectivity index (χ3n) is 1.79. The fourth-order valence-corrected chi connectivity index (χ4v) is 2.07. The number of halogens is 1. The van der Waals surface area contributed by atoms with E-state index in [1.165, 1.54) is 12.0 Å². The first-order valence-corrected chi connectivity index (χ1v) is 6.35. The molecule has 15 heavy (non-hydrogen) atoms. The number of hydrogen-bond acceptors (Lipinski definition) is 4. The summed E-state index contributed by atoms with van der Waals surface area (Å²) in [6.45, 7) is 0.970. The summed E-state index contributed by atoms with van der Waals surface area (Å²) in [6.07, 6.45) is 0.887. The van der Waals surface area contributed by atoms with Gasteiger partial charge >= 0.3 is 5.97 Å². The van der Waals surface area contributed by atoms with Crippen LogP contribution in [0.25, 0.3) is 0 Å². The first-order chi connectivity index (χ1) is 7.24. The van der Waals surface area contributed by atoms with Gasteiger partial charge in [-0.3, -0.25) is 4.79 Å². The van der Waals surface area contributed by atoms with Crippen LogP contribution < -0.4 is 0 Å². The molecule has 1 aromatic heterocycles. The van der Waals surface area contributed by atoms with Crippen molar-refractivity contribution in [1.29, 1.82) is 0 Å². The molecular formula is C10H13BrO3S. The third-order valence-corrected chi connectivity index (χ3v) is 3.37. The number of carbonyl (C=O) groups excluding carboxylic acids is 1. The SMILES string of the molecule is COC(=O)C(Br)COCCc1cccs1. The second kappa shape index (κ2) is 6.98. The minimum Gasteiger partial charge on any atom is -0.468 e. The summed E-state index contributed by atoms with van der Waals surface area (Å²) in [6, 6.07) is 4.09. The highest BCUT2D eigenvalue weighted by atomic mass is 79.9. The highest BCUT2D eigenvalue weighted by molar-refractivity contribution is 9.10. The van der Waals surface area contributed by atoms with Gasteiger partial charge in [0.25, 0.3) is 0 Å². The maximum atomic E-state index is 11.0. The van der Waals surface area contributed by atoms with Gasteiger partial charge in [0.1, 0.15) is 4.83 Å². The lowest BCUT2D eigenvalue weighted by molar-refractivity contribution is -0.140. The molecule has 84 valence electrons.